The SMILES string of the molecule is COc1ccc2cc(C(C)C(=O)Nc3ccc(F)cc3F)ccc2c1. The van der Waals surface area contributed by atoms with E-state index in [9.17, 15) is 13.6 Å². The molecule has 3 nitrogen and oxygen atoms in total. The summed E-state index contributed by atoms with van der Waals surface area (Å²) in [5, 5.41) is 4.48. The third-order valence-corrected chi connectivity index (χ3v) is 4.15. The van der Waals surface area contributed by atoms with Crippen molar-refractivity contribution in [2.75, 3.05) is 12.4 Å². The van der Waals surface area contributed by atoms with E-state index < -0.39 is 17.6 Å². The Bertz CT molecular complexity index is 940. The lowest BCUT2D eigenvalue weighted by Gasteiger charge is -2.14. The zero-order valence-corrected chi connectivity index (χ0v) is 13.8. The number of carbonyl (C=O) groups is 1. The summed E-state index contributed by atoms with van der Waals surface area (Å²) < 4.78 is 31.8. The number of hydrogen-bond acceptors (Lipinski definition) is 2. The second kappa shape index (κ2) is 6.89. The summed E-state index contributed by atoms with van der Waals surface area (Å²) in [6.45, 7) is 1.74. The largest absolute Gasteiger partial charge is 0.497 e. The highest BCUT2D eigenvalue weighted by molar-refractivity contribution is 5.96. The molecule has 0 saturated heterocycles. The molecule has 0 aliphatic carbocycles. The van der Waals surface area contributed by atoms with Gasteiger partial charge in [0.15, 0.2) is 0 Å². The maximum Gasteiger partial charge on any atom is 0.231 e. The van der Waals surface area contributed by atoms with Crippen molar-refractivity contribution in [3.63, 3.8) is 0 Å². The van der Waals surface area contributed by atoms with Gasteiger partial charge in [-0.15, -0.1) is 0 Å². The topological polar surface area (TPSA) is 38.3 Å². The molecule has 0 bridgehead atoms. The summed E-state index contributed by atoms with van der Waals surface area (Å²) in [5.41, 5.74) is 0.765. The molecule has 0 heterocycles. The molecule has 3 rings (SSSR count). The van der Waals surface area contributed by atoms with Gasteiger partial charge in [-0.3, -0.25) is 4.79 Å². The lowest BCUT2D eigenvalue weighted by Crippen LogP contribution is -2.19. The van der Waals surface area contributed by atoms with Crippen LogP contribution < -0.4 is 10.1 Å². The van der Waals surface area contributed by atoms with Gasteiger partial charge in [0.05, 0.1) is 18.7 Å². The number of amides is 1. The van der Waals surface area contributed by atoms with Crippen LogP contribution in [0.4, 0.5) is 14.5 Å². The van der Waals surface area contributed by atoms with Crippen molar-refractivity contribution in [2.45, 2.75) is 12.8 Å². The highest BCUT2D eigenvalue weighted by Gasteiger charge is 2.17. The molecule has 0 radical (unpaired) electrons. The molecular weight excluding hydrogens is 324 g/mol. The van der Waals surface area contributed by atoms with E-state index in [2.05, 4.69) is 5.32 Å². The highest BCUT2D eigenvalue weighted by atomic mass is 19.1. The van der Waals surface area contributed by atoms with Crippen molar-refractivity contribution in [3.8, 4) is 5.75 Å². The van der Waals surface area contributed by atoms with Crippen molar-refractivity contribution in [1.29, 1.82) is 0 Å². The van der Waals surface area contributed by atoms with E-state index in [0.717, 1.165) is 34.2 Å². The van der Waals surface area contributed by atoms with Gasteiger partial charge in [-0.25, -0.2) is 8.78 Å². The van der Waals surface area contributed by atoms with Gasteiger partial charge in [-0.1, -0.05) is 24.3 Å². The minimum atomic E-state index is -0.800. The Balaban J connectivity index is 1.82. The minimum absolute atomic E-state index is 0.0382. The van der Waals surface area contributed by atoms with Crippen LogP contribution in [0.1, 0.15) is 18.4 Å². The van der Waals surface area contributed by atoms with Crippen LogP contribution in [0.25, 0.3) is 10.8 Å². The Kier molecular flexibility index (Phi) is 4.65. The van der Waals surface area contributed by atoms with Gasteiger partial charge in [-0.2, -0.15) is 0 Å². The molecule has 1 atom stereocenters. The molecule has 25 heavy (non-hydrogen) atoms. The Morgan fingerprint density at radius 1 is 1.00 bits per heavy atom. The van der Waals surface area contributed by atoms with Gasteiger partial charge in [0, 0.05) is 6.07 Å². The Labute approximate surface area is 144 Å². The fourth-order valence-corrected chi connectivity index (χ4v) is 2.62. The second-order valence-electron chi connectivity index (χ2n) is 5.81. The van der Waals surface area contributed by atoms with Gasteiger partial charge in [0.25, 0.3) is 0 Å². The maximum absolute atomic E-state index is 13.7. The monoisotopic (exact) mass is 341 g/mol. The van der Waals surface area contributed by atoms with Crippen LogP contribution in [-0.2, 0) is 4.79 Å². The van der Waals surface area contributed by atoms with Gasteiger partial charge < -0.3 is 10.1 Å². The van der Waals surface area contributed by atoms with Crippen LogP contribution >= 0.6 is 0 Å². The number of rotatable bonds is 4. The maximum atomic E-state index is 13.7. The number of hydrogen-bond donors (Lipinski definition) is 1. The Hall–Kier alpha value is -2.95. The lowest BCUT2D eigenvalue weighted by molar-refractivity contribution is -0.117. The summed E-state index contributed by atoms with van der Waals surface area (Å²) in [6.07, 6.45) is 0. The van der Waals surface area contributed by atoms with E-state index in [1.165, 1.54) is 6.07 Å². The van der Waals surface area contributed by atoms with Crippen LogP contribution in [0.5, 0.6) is 5.75 Å². The number of anilines is 1. The summed E-state index contributed by atoms with van der Waals surface area (Å²) >= 11 is 0. The molecular formula is C20H17F2NO2. The van der Waals surface area contributed by atoms with E-state index in [0.29, 0.717) is 0 Å². The average molecular weight is 341 g/mol. The van der Waals surface area contributed by atoms with E-state index in [4.69, 9.17) is 4.74 Å². The average Bonchev–Trinajstić information content (AvgIpc) is 2.62. The van der Waals surface area contributed by atoms with Crippen molar-refractivity contribution in [2.24, 2.45) is 0 Å². The van der Waals surface area contributed by atoms with Crippen LogP contribution in [0.2, 0.25) is 0 Å². The quantitative estimate of drug-likeness (QED) is 0.735. The number of carbonyl (C=O) groups excluding carboxylic acids is 1. The summed E-state index contributed by atoms with van der Waals surface area (Å²) in [4.78, 5) is 12.4. The standard InChI is InChI=1S/C20H17F2NO2/c1-12(20(24)23-19-8-6-16(21)11-18(19)22)13-3-4-15-10-17(25-2)7-5-14(15)9-13/h3-12H,1-2H3,(H,23,24). The number of nitrogens with one attached hydrogen (secondary N) is 1. The van der Waals surface area contributed by atoms with Crippen LogP contribution in [0.15, 0.2) is 54.6 Å². The molecule has 1 unspecified atom stereocenters. The first kappa shape index (κ1) is 16.9. The first-order valence-electron chi connectivity index (χ1n) is 7.81. The van der Waals surface area contributed by atoms with Crippen LogP contribution in [0, 0.1) is 11.6 Å². The van der Waals surface area contributed by atoms with Gasteiger partial charge in [0.2, 0.25) is 5.91 Å². The third kappa shape index (κ3) is 3.60. The Morgan fingerprint density at radius 2 is 1.72 bits per heavy atom. The predicted octanol–water partition coefficient (Wildman–Crippen LogP) is 4.87. The number of benzene rings is 3. The van der Waals surface area contributed by atoms with Crippen LogP contribution in [-0.4, -0.2) is 13.0 Å². The molecule has 0 aliphatic rings. The van der Waals surface area contributed by atoms with Crippen molar-refractivity contribution in [3.05, 3.63) is 71.8 Å². The molecule has 0 aromatic heterocycles. The Morgan fingerprint density at radius 3 is 2.44 bits per heavy atom. The van der Waals surface area contributed by atoms with Gasteiger partial charge in [0.1, 0.15) is 17.4 Å². The molecule has 1 amide bonds. The van der Waals surface area contributed by atoms with E-state index >= 15 is 0 Å². The molecule has 0 aliphatic heterocycles. The highest BCUT2D eigenvalue weighted by Crippen LogP contribution is 2.26. The third-order valence-electron chi connectivity index (χ3n) is 4.15. The predicted molar refractivity (Wildman–Crippen MR) is 93.9 cm³/mol. The molecule has 3 aromatic rings. The lowest BCUT2D eigenvalue weighted by atomic mass is 9.97. The van der Waals surface area contributed by atoms with Crippen molar-refractivity contribution < 1.29 is 18.3 Å². The van der Waals surface area contributed by atoms with Crippen molar-refractivity contribution >= 4 is 22.4 Å². The minimum Gasteiger partial charge on any atom is -0.497 e. The van der Waals surface area contributed by atoms with Gasteiger partial charge in [-0.05, 0) is 47.5 Å². The molecule has 1 N–H and O–H groups in total. The van der Waals surface area contributed by atoms with Gasteiger partial charge >= 0.3 is 0 Å². The summed E-state index contributed by atoms with van der Waals surface area (Å²) in [5.74, 6) is -1.58. The number of fused-ring (bicyclic) bond motifs is 1. The molecule has 128 valence electrons. The fraction of sp³-hybridized carbons (Fsp3) is 0.150. The normalized spacial score (nSPS) is 12.0. The second-order valence-corrected chi connectivity index (χ2v) is 5.81. The van der Waals surface area contributed by atoms with E-state index in [1.54, 1.807) is 14.0 Å². The van der Waals surface area contributed by atoms with Crippen molar-refractivity contribution in [1.82, 2.24) is 0 Å². The molecule has 0 saturated carbocycles. The van der Waals surface area contributed by atoms with E-state index in [-0.39, 0.29) is 11.6 Å². The summed E-state index contributed by atoms with van der Waals surface area (Å²) in [7, 11) is 1.61. The zero-order chi connectivity index (χ0) is 18.0. The number of halogens is 2. The van der Waals surface area contributed by atoms with E-state index in [1.807, 2.05) is 36.4 Å². The smallest absolute Gasteiger partial charge is 0.231 e. The molecule has 0 fully saturated rings. The first-order chi connectivity index (χ1) is 12.0. The fourth-order valence-electron chi connectivity index (χ4n) is 2.62. The number of ether oxygens (including phenoxy) is 1. The molecule has 3 aromatic carbocycles. The number of methoxy groups -OCH3 is 1. The molecule has 0 spiro atoms. The van der Waals surface area contributed by atoms with Crippen LogP contribution in [0.3, 0.4) is 0 Å². The zero-order valence-electron chi connectivity index (χ0n) is 13.8. The summed E-state index contributed by atoms with van der Waals surface area (Å²) in [6, 6.07) is 14.4. The molecule has 5 heteroatoms. The first-order valence-corrected chi connectivity index (χ1v) is 7.81.